The van der Waals surface area contributed by atoms with Crippen molar-refractivity contribution in [3.05, 3.63) is 23.7 Å². The molecule has 1 aromatic heterocycles. The number of nitrogens with zero attached hydrogens (tertiary/aromatic N) is 1. The van der Waals surface area contributed by atoms with Gasteiger partial charge in [-0.3, -0.25) is 9.59 Å². The fourth-order valence-corrected chi connectivity index (χ4v) is 2.45. The highest BCUT2D eigenvalue weighted by Gasteiger charge is 2.29. The van der Waals surface area contributed by atoms with Crippen LogP contribution in [0.2, 0.25) is 0 Å². The minimum Gasteiger partial charge on any atom is -0.481 e. The Bertz CT molecular complexity index is 469. The molecule has 19 heavy (non-hydrogen) atoms. The van der Waals surface area contributed by atoms with E-state index in [0.29, 0.717) is 17.9 Å². The largest absolute Gasteiger partial charge is 0.481 e. The molecule has 1 unspecified atom stereocenters. The summed E-state index contributed by atoms with van der Waals surface area (Å²) < 4.78 is 5.15. The molecule has 1 atom stereocenters. The van der Waals surface area contributed by atoms with Crippen molar-refractivity contribution in [2.45, 2.75) is 38.3 Å². The van der Waals surface area contributed by atoms with Crippen molar-refractivity contribution >= 4 is 11.9 Å². The van der Waals surface area contributed by atoms with E-state index in [1.165, 1.54) is 6.26 Å². The van der Waals surface area contributed by atoms with Crippen LogP contribution in [0, 0.1) is 0 Å². The number of carboxylic acids is 1. The Morgan fingerprint density at radius 3 is 2.89 bits per heavy atom. The Labute approximate surface area is 111 Å². The average molecular weight is 266 g/mol. The van der Waals surface area contributed by atoms with Crippen LogP contribution in [-0.2, 0) is 11.3 Å². The molecular weight excluding hydrogens is 248 g/mol. The second kappa shape index (κ2) is 5.88. The summed E-state index contributed by atoms with van der Waals surface area (Å²) >= 11 is 0. The molecule has 3 N–H and O–H groups in total. The lowest BCUT2D eigenvalue weighted by molar-refractivity contribution is -0.138. The minimum absolute atomic E-state index is 0.00661. The second-order valence-electron chi connectivity index (χ2n) is 4.75. The summed E-state index contributed by atoms with van der Waals surface area (Å²) in [4.78, 5) is 24.8. The van der Waals surface area contributed by atoms with Crippen LogP contribution in [0.1, 0.15) is 41.8 Å². The van der Waals surface area contributed by atoms with Crippen LogP contribution < -0.4 is 5.73 Å². The first-order chi connectivity index (χ1) is 9.11. The normalized spacial score (nSPS) is 19.4. The van der Waals surface area contributed by atoms with E-state index in [1.54, 1.807) is 11.0 Å². The van der Waals surface area contributed by atoms with Crippen LogP contribution in [0.4, 0.5) is 0 Å². The van der Waals surface area contributed by atoms with Gasteiger partial charge in [-0.2, -0.15) is 0 Å². The van der Waals surface area contributed by atoms with E-state index in [9.17, 15) is 9.59 Å². The lowest BCUT2D eigenvalue weighted by Gasteiger charge is -2.34. The molecule has 0 radical (unpaired) electrons. The van der Waals surface area contributed by atoms with E-state index in [1.807, 2.05) is 0 Å². The van der Waals surface area contributed by atoms with E-state index >= 15 is 0 Å². The summed E-state index contributed by atoms with van der Waals surface area (Å²) in [5.74, 6) is -0.496. The van der Waals surface area contributed by atoms with E-state index in [2.05, 4.69) is 0 Å². The van der Waals surface area contributed by atoms with Gasteiger partial charge in [0.05, 0.1) is 18.5 Å². The summed E-state index contributed by atoms with van der Waals surface area (Å²) in [6.07, 6.45) is 3.98. The zero-order chi connectivity index (χ0) is 13.8. The molecule has 0 aliphatic carbocycles. The third-order valence-corrected chi connectivity index (χ3v) is 3.40. The molecule has 1 amide bonds. The van der Waals surface area contributed by atoms with Gasteiger partial charge in [0, 0.05) is 12.6 Å². The number of likely N-dealkylation sites (tertiary alicyclic amines) is 1. The molecule has 1 saturated heterocycles. The maximum absolute atomic E-state index is 12.4. The molecule has 1 aromatic rings. The number of amides is 1. The molecule has 0 aromatic carbocycles. The third kappa shape index (κ3) is 3.14. The highest BCUT2D eigenvalue weighted by Crippen LogP contribution is 2.22. The Balaban J connectivity index is 2.12. The summed E-state index contributed by atoms with van der Waals surface area (Å²) in [5.41, 5.74) is 5.88. The molecule has 1 aliphatic heterocycles. The first-order valence-electron chi connectivity index (χ1n) is 6.42. The topological polar surface area (TPSA) is 96.8 Å². The monoisotopic (exact) mass is 266 g/mol. The average Bonchev–Trinajstić information content (AvgIpc) is 2.86. The third-order valence-electron chi connectivity index (χ3n) is 3.40. The fraction of sp³-hybridized carbons (Fsp3) is 0.538. The van der Waals surface area contributed by atoms with Crippen LogP contribution in [0.5, 0.6) is 0 Å². The zero-order valence-corrected chi connectivity index (χ0v) is 10.7. The van der Waals surface area contributed by atoms with Gasteiger partial charge in [-0.15, -0.1) is 0 Å². The van der Waals surface area contributed by atoms with E-state index in [-0.39, 0.29) is 24.9 Å². The summed E-state index contributed by atoms with van der Waals surface area (Å²) in [5, 5.41) is 8.91. The SMILES string of the molecule is NCc1cc(C(=O)N2CCCCC2CC(=O)O)co1. The Morgan fingerprint density at radius 1 is 1.47 bits per heavy atom. The number of nitrogens with two attached hydrogens (primary N) is 1. The van der Waals surface area contributed by atoms with Crippen molar-refractivity contribution in [1.29, 1.82) is 0 Å². The maximum Gasteiger partial charge on any atom is 0.305 e. The lowest BCUT2D eigenvalue weighted by atomic mass is 9.98. The van der Waals surface area contributed by atoms with Crippen LogP contribution in [0.15, 0.2) is 16.7 Å². The second-order valence-corrected chi connectivity index (χ2v) is 4.75. The number of furan rings is 1. The number of hydrogen-bond donors (Lipinski definition) is 2. The lowest BCUT2D eigenvalue weighted by Crippen LogP contribution is -2.44. The van der Waals surface area contributed by atoms with Crippen LogP contribution in [0.3, 0.4) is 0 Å². The number of carbonyl (C=O) groups is 2. The molecule has 104 valence electrons. The van der Waals surface area contributed by atoms with Crippen molar-refractivity contribution in [3.8, 4) is 0 Å². The highest BCUT2D eigenvalue weighted by molar-refractivity contribution is 5.94. The fourth-order valence-electron chi connectivity index (χ4n) is 2.45. The van der Waals surface area contributed by atoms with Crippen molar-refractivity contribution in [3.63, 3.8) is 0 Å². The highest BCUT2D eigenvalue weighted by atomic mass is 16.4. The molecule has 0 bridgehead atoms. The van der Waals surface area contributed by atoms with E-state index in [4.69, 9.17) is 15.3 Å². The smallest absolute Gasteiger partial charge is 0.305 e. The maximum atomic E-state index is 12.4. The van der Waals surface area contributed by atoms with Gasteiger partial charge in [0.25, 0.3) is 5.91 Å². The van der Waals surface area contributed by atoms with Gasteiger partial charge in [-0.1, -0.05) is 0 Å². The number of piperidine rings is 1. The van der Waals surface area contributed by atoms with Crippen molar-refractivity contribution in [2.75, 3.05) is 6.54 Å². The minimum atomic E-state index is -0.875. The first-order valence-corrected chi connectivity index (χ1v) is 6.42. The van der Waals surface area contributed by atoms with Gasteiger partial charge in [0.15, 0.2) is 0 Å². The molecule has 2 rings (SSSR count). The summed E-state index contributed by atoms with van der Waals surface area (Å²) in [7, 11) is 0. The molecule has 2 heterocycles. The molecule has 0 spiro atoms. The predicted molar refractivity (Wildman–Crippen MR) is 67.5 cm³/mol. The van der Waals surface area contributed by atoms with Gasteiger partial charge in [0.1, 0.15) is 12.0 Å². The van der Waals surface area contributed by atoms with E-state index in [0.717, 1.165) is 19.3 Å². The number of hydrogen-bond acceptors (Lipinski definition) is 4. The number of rotatable bonds is 4. The van der Waals surface area contributed by atoms with Crippen molar-refractivity contribution in [1.82, 2.24) is 4.90 Å². The Morgan fingerprint density at radius 2 is 2.26 bits per heavy atom. The molecule has 1 fully saturated rings. The molecule has 6 heteroatoms. The molecule has 6 nitrogen and oxygen atoms in total. The van der Waals surface area contributed by atoms with Crippen LogP contribution >= 0.6 is 0 Å². The van der Waals surface area contributed by atoms with Gasteiger partial charge in [-0.05, 0) is 25.3 Å². The summed E-state index contributed by atoms with van der Waals surface area (Å²) in [6.45, 7) is 0.839. The quantitative estimate of drug-likeness (QED) is 0.853. The summed E-state index contributed by atoms with van der Waals surface area (Å²) in [6, 6.07) is 1.39. The van der Waals surface area contributed by atoms with Crippen LogP contribution in [-0.4, -0.2) is 34.5 Å². The van der Waals surface area contributed by atoms with Gasteiger partial charge in [-0.25, -0.2) is 0 Å². The van der Waals surface area contributed by atoms with Crippen molar-refractivity contribution in [2.24, 2.45) is 5.73 Å². The van der Waals surface area contributed by atoms with Crippen LogP contribution in [0.25, 0.3) is 0 Å². The van der Waals surface area contributed by atoms with Gasteiger partial charge < -0.3 is 20.2 Å². The predicted octanol–water partition coefficient (Wildman–Crippen LogP) is 1.21. The standard InChI is InChI=1S/C13H18N2O4/c14-7-11-5-9(8-19-11)13(18)15-4-2-1-3-10(15)6-12(16)17/h5,8,10H,1-4,6-7,14H2,(H,16,17). The Kier molecular flexibility index (Phi) is 4.21. The number of carboxylic acid groups (broad SMARTS) is 1. The molecular formula is C13H18N2O4. The molecule has 0 saturated carbocycles. The number of aliphatic carboxylic acids is 1. The molecule has 1 aliphatic rings. The Hall–Kier alpha value is -1.82. The zero-order valence-electron chi connectivity index (χ0n) is 10.7. The van der Waals surface area contributed by atoms with Crippen molar-refractivity contribution < 1.29 is 19.1 Å². The van der Waals surface area contributed by atoms with E-state index < -0.39 is 5.97 Å². The van der Waals surface area contributed by atoms with Gasteiger partial charge in [0.2, 0.25) is 0 Å². The first kappa shape index (κ1) is 13.6. The van der Waals surface area contributed by atoms with Gasteiger partial charge >= 0.3 is 5.97 Å². The number of carbonyl (C=O) groups excluding carboxylic acids is 1.